The third-order valence-electron chi connectivity index (χ3n) is 4.13. The predicted octanol–water partition coefficient (Wildman–Crippen LogP) is 3.33. The van der Waals surface area contributed by atoms with E-state index in [0.29, 0.717) is 22.7 Å². The summed E-state index contributed by atoms with van der Waals surface area (Å²) in [7, 11) is 2.90. The van der Waals surface area contributed by atoms with Gasteiger partial charge in [0.25, 0.3) is 11.8 Å². The highest BCUT2D eigenvalue weighted by Crippen LogP contribution is 2.36. The monoisotopic (exact) mass is 400 g/mol. The van der Waals surface area contributed by atoms with Crippen LogP contribution < -0.4 is 19.7 Å². The number of aryl methyl sites for hydroxylation is 1. The Morgan fingerprint density at radius 2 is 1.82 bits per heavy atom. The van der Waals surface area contributed by atoms with E-state index in [9.17, 15) is 14.4 Å². The molecule has 0 atom stereocenters. The Hall–Kier alpha value is -3.32. The molecule has 2 aromatic carbocycles. The van der Waals surface area contributed by atoms with Gasteiger partial charge < -0.3 is 9.47 Å². The molecule has 1 fully saturated rings. The van der Waals surface area contributed by atoms with E-state index in [1.165, 1.54) is 26.4 Å². The minimum Gasteiger partial charge on any atom is -0.493 e. The Bertz CT molecular complexity index is 1020. The van der Waals surface area contributed by atoms with Crippen LogP contribution in [0.25, 0.3) is 6.08 Å². The summed E-state index contributed by atoms with van der Waals surface area (Å²) >= 11 is 6.18. The smallest absolute Gasteiger partial charge is 0.335 e. The number of carbonyl (C=O) groups excluding carboxylic acids is 3. The van der Waals surface area contributed by atoms with Gasteiger partial charge in [-0.1, -0.05) is 23.7 Å². The fourth-order valence-corrected chi connectivity index (χ4v) is 3.14. The number of imide groups is 2. The van der Waals surface area contributed by atoms with E-state index in [1.54, 1.807) is 24.3 Å². The van der Waals surface area contributed by atoms with Crippen LogP contribution in [0, 0.1) is 6.92 Å². The summed E-state index contributed by atoms with van der Waals surface area (Å²) in [6, 6.07) is 9.16. The van der Waals surface area contributed by atoms with E-state index in [2.05, 4.69) is 5.32 Å². The Balaban J connectivity index is 2.06. The van der Waals surface area contributed by atoms with Crippen molar-refractivity contribution in [3.8, 4) is 11.5 Å². The molecule has 0 radical (unpaired) electrons. The number of halogens is 1. The number of anilines is 1. The lowest BCUT2D eigenvalue weighted by atomic mass is 10.1. The highest BCUT2D eigenvalue weighted by molar-refractivity contribution is 6.39. The van der Waals surface area contributed by atoms with Crippen LogP contribution in [0.4, 0.5) is 10.5 Å². The number of ether oxygens (including phenoxy) is 2. The highest BCUT2D eigenvalue weighted by Gasteiger charge is 2.36. The molecule has 0 aliphatic carbocycles. The number of methoxy groups -OCH3 is 2. The Labute approximate surface area is 166 Å². The fraction of sp³-hybridized carbons (Fsp3) is 0.150. The summed E-state index contributed by atoms with van der Waals surface area (Å²) in [4.78, 5) is 38.4. The van der Waals surface area contributed by atoms with E-state index in [4.69, 9.17) is 21.1 Å². The zero-order valence-electron chi connectivity index (χ0n) is 15.4. The molecule has 2 aromatic rings. The summed E-state index contributed by atoms with van der Waals surface area (Å²) < 4.78 is 10.4. The first-order valence-corrected chi connectivity index (χ1v) is 8.63. The van der Waals surface area contributed by atoms with Crippen molar-refractivity contribution in [3.63, 3.8) is 0 Å². The van der Waals surface area contributed by atoms with E-state index < -0.39 is 17.8 Å². The van der Waals surface area contributed by atoms with Crippen LogP contribution in [-0.2, 0) is 9.59 Å². The van der Waals surface area contributed by atoms with Gasteiger partial charge in [-0.15, -0.1) is 0 Å². The molecule has 0 spiro atoms. The third-order valence-corrected chi connectivity index (χ3v) is 4.41. The van der Waals surface area contributed by atoms with E-state index in [0.717, 1.165) is 10.5 Å². The standard InChI is InChI=1S/C20H17ClN2O5/c1-11-5-4-6-13(7-11)23-19(25)14(18(24)22-20(23)26)8-12-9-15(21)17(28-3)16(10-12)27-2/h4-10H,1-3H3,(H,22,24,26)/b14-8+. The van der Waals surface area contributed by atoms with Crippen molar-refractivity contribution < 1.29 is 23.9 Å². The van der Waals surface area contributed by atoms with Crippen LogP contribution in [0.5, 0.6) is 11.5 Å². The Morgan fingerprint density at radius 3 is 2.46 bits per heavy atom. The van der Waals surface area contributed by atoms with Gasteiger partial charge in [-0.25, -0.2) is 9.69 Å². The number of barbiturate groups is 1. The van der Waals surface area contributed by atoms with Gasteiger partial charge in [0.2, 0.25) is 0 Å². The first kappa shape index (κ1) is 19.4. The molecule has 0 saturated carbocycles. The number of urea groups is 1. The lowest BCUT2D eigenvalue weighted by Crippen LogP contribution is -2.54. The fourth-order valence-electron chi connectivity index (χ4n) is 2.85. The molecule has 1 aliphatic heterocycles. The van der Waals surface area contributed by atoms with Crippen LogP contribution in [-0.4, -0.2) is 32.1 Å². The first-order chi connectivity index (χ1) is 13.3. The summed E-state index contributed by atoms with van der Waals surface area (Å²) in [5.74, 6) is -0.838. The summed E-state index contributed by atoms with van der Waals surface area (Å²) in [6.45, 7) is 1.84. The van der Waals surface area contributed by atoms with Gasteiger partial charge in [-0.3, -0.25) is 14.9 Å². The van der Waals surface area contributed by atoms with Gasteiger partial charge >= 0.3 is 6.03 Å². The minimum absolute atomic E-state index is 0.204. The average molecular weight is 401 g/mol. The largest absolute Gasteiger partial charge is 0.493 e. The first-order valence-electron chi connectivity index (χ1n) is 8.25. The number of amides is 4. The van der Waals surface area contributed by atoms with Crippen LogP contribution >= 0.6 is 11.6 Å². The molecular formula is C20H17ClN2O5. The molecule has 1 heterocycles. The van der Waals surface area contributed by atoms with Gasteiger partial charge in [-0.05, 0) is 48.4 Å². The second-order valence-corrected chi connectivity index (χ2v) is 6.44. The molecule has 144 valence electrons. The second-order valence-electron chi connectivity index (χ2n) is 6.04. The van der Waals surface area contributed by atoms with E-state index in [1.807, 2.05) is 13.0 Å². The molecule has 1 N–H and O–H groups in total. The van der Waals surface area contributed by atoms with Crippen molar-refractivity contribution in [2.45, 2.75) is 6.92 Å². The highest BCUT2D eigenvalue weighted by atomic mass is 35.5. The maximum absolute atomic E-state index is 12.9. The van der Waals surface area contributed by atoms with Crippen LogP contribution in [0.1, 0.15) is 11.1 Å². The molecule has 7 nitrogen and oxygen atoms in total. The zero-order valence-corrected chi connectivity index (χ0v) is 16.2. The maximum Gasteiger partial charge on any atom is 0.335 e. The van der Waals surface area contributed by atoms with Crippen LogP contribution in [0.3, 0.4) is 0 Å². The molecule has 28 heavy (non-hydrogen) atoms. The van der Waals surface area contributed by atoms with Crippen molar-refractivity contribution in [3.05, 3.63) is 58.1 Å². The molecule has 0 bridgehead atoms. The predicted molar refractivity (Wildman–Crippen MR) is 105 cm³/mol. The number of nitrogens with one attached hydrogen (secondary N) is 1. The quantitative estimate of drug-likeness (QED) is 0.628. The lowest BCUT2D eigenvalue weighted by Gasteiger charge is -2.26. The topological polar surface area (TPSA) is 84.9 Å². The van der Waals surface area contributed by atoms with Crippen LogP contribution in [0.15, 0.2) is 42.0 Å². The number of benzene rings is 2. The van der Waals surface area contributed by atoms with Gasteiger partial charge in [0.1, 0.15) is 5.57 Å². The summed E-state index contributed by atoms with van der Waals surface area (Å²) in [5, 5.41) is 2.44. The van der Waals surface area contributed by atoms with Crippen molar-refractivity contribution in [2.24, 2.45) is 0 Å². The third kappa shape index (κ3) is 3.57. The lowest BCUT2D eigenvalue weighted by molar-refractivity contribution is -0.122. The zero-order chi connectivity index (χ0) is 20.4. The molecule has 0 aromatic heterocycles. The second kappa shape index (κ2) is 7.74. The van der Waals surface area contributed by atoms with Gasteiger partial charge in [0, 0.05) is 0 Å². The maximum atomic E-state index is 12.9. The summed E-state index contributed by atoms with van der Waals surface area (Å²) in [5.41, 5.74) is 1.47. The number of carbonyl (C=O) groups is 3. The van der Waals surface area contributed by atoms with Gasteiger partial charge in [-0.2, -0.15) is 0 Å². The Kier molecular flexibility index (Phi) is 5.37. The molecule has 1 aliphatic rings. The summed E-state index contributed by atoms with van der Waals surface area (Å²) in [6.07, 6.45) is 1.35. The molecule has 3 rings (SSSR count). The average Bonchev–Trinajstić information content (AvgIpc) is 2.64. The van der Waals surface area contributed by atoms with E-state index in [-0.39, 0.29) is 10.6 Å². The van der Waals surface area contributed by atoms with Crippen molar-refractivity contribution >= 4 is 41.2 Å². The number of hydrogen-bond donors (Lipinski definition) is 1. The van der Waals surface area contributed by atoms with Crippen molar-refractivity contribution in [1.29, 1.82) is 0 Å². The molecule has 1 saturated heterocycles. The normalized spacial score (nSPS) is 15.6. The van der Waals surface area contributed by atoms with Crippen molar-refractivity contribution in [2.75, 3.05) is 19.1 Å². The minimum atomic E-state index is -0.803. The number of rotatable bonds is 4. The molecular weight excluding hydrogens is 384 g/mol. The number of hydrogen-bond acceptors (Lipinski definition) is 5. The van der Waals surface area contributed by atoms with Crippen LogP contribution in [0.2, 0.25) is 5.02 Å². The SMILES string of the molecule is COc1cc(/C=C2\C(=O)NC(=O)N(c3cccc(C)c3)C2=O)cc(Cl)c1OC. The van der Waals surface area contributed by atoms with Gasteiger partial charge in [0.15, 0.2) is 11.5 Å². The van der Waals surface area contributed by atoms with Gasteiger partial charge in [0.05, 0.1) is 24.9 Å². The van der Waals surface area contributed by atoms with Crippen molar-refractivity contribution in [1.82, 2.24) is 5.32 Å². The van der Waals surface area contributed by atoms with E-state index >= 15 is 0 Å². The number of nitrogens with zero attached hydrogens (tertiary/aromatic N) is 1. The molecule has 8 heteroatoms. The molecule has 4 amide bonds. The molecule has 0 unspecified atom stereocenters. The Morgan fingerprint density at radius 1 is 1.07 bits per heavy atom.